The molecule has 27 heavy (non-hydrogen) atoms. The molecule has 3 rings (SSSR count). The Bertz CT molecular complexity index is 882. The molecule has 1 amide bonds. The van der Waals surface area contributed by atoms with Crippen LogP contribution in [0.1, 0.15) is 18.1 Å². The van der Waals surface area contributed by atoms with Crippen molar-refractivity contribution in [2.24, 2.45) is 5.73 Å². The minimum absolute atomic E-state index is 0.138. The molecule has 2 aromatic carbocycles. The number of rotatable bonds is 5. The van der Waals surface area contributed by atoms with Crippen molar-refractivity contribution in [3.8, 4) is 0 Å². The number of carbonyl (C=O) groups is 1. The fraction of sp³-hybridized carbons (Fsp3) is 0.250. The van der Waals surface area contributed by atoms with Crippen molar-refractivity contribution >= 4 is 40.6 Å². The van der Waals surface area contributed by atoms with Gasteiger partial charge in [-0.1, -0.05) is 53.5 Å². The lowest BCUT2D eigenvalue weighted by atomic mass is 9.99. The maximum absolute atomic E-state index is 12.3. The van der Waals surface area contributed by atoms with Crippen molar-refractivity contribution in [1.82, 2.24) is 4.90 Å². The molecule has 0 radical (unpaired) electrons. The van der Waals surface area contributed by atoms with Crippen LogP contribution in [0.15, 0.2) is 54.2 Å². The highest BCUT2D eigenvalue weighted by Gasteiger charge is 2.40. The first kappa shape index (κ1) is 19.5. The average Bonchev–Trinajstić information content (AvgIpc) is 2.65. The van der Waals surface area contributed by atoms with Gasteiger partial charge < -0.3 is 20.7 Å². The number of ether oxygens (including phenoxy) is 1. The van der Waals surface area contributed by atoms with Crippen molar-refractivity contribution in [2.45, 2.75) is 18.5 Å². The van der Waals surface area contributed by atoms with Crippen molar-refractivity contribution in [1.29, 1.82) is 0 Å². The SMILES string of the molecule is CN(C(=O)CN)C1=C(OCc2ccccc2)c2cc(Cl)ccc2NC1(C)Cl. The molecule has 1 unspecified atom stereocenters. The summed E-state index contributed by atoms with van der Waals surface area (Å²) in [5.41, 5.74) is 8.56. The maximum atomic E-state index is 12.3. The van der Waals surface area contributed by atoms with E-state index in [0.717, 1.165) is 16.8 Å². The number of hydrogen-bond donors (Lipinski definition) is 2. The number of hydrogen-bond acceptors (Lipinski definition) is 4. The van der Waals surface area contributed by atoms with Gasteiger partial charge in [-0.2, -0.15) is 0 Å². The maximum Gasteiger partial charge on any atom is 0.240 e. The van der Waals surface area contributed by atoms with E-state index in [0.29, 0.717) is 23.1 Å². The molecule has 2 aromatic rings. The highest BCUT2D eigenvalue weighted by molar-refractivity contribution is 6.31. The third-order valence-corrected chi connectivity index (χ3v) is 4.87. The zero-order valence-electron chi connectivity index (χ0n) is 15.1. The Morgan fingerprint density at radius 2 is 1.96 bits per heavy atom. The molecule has 142 valence electrons. The van der Waals surface area contributed by atoms with E-state index < -0.39 is 5.00 Å². The first-order chi connectivity index (χ1) is 12.8. The summed E-state index contributed by atoms with van der Waals surface area (Å²) in [4.78, 5) is 12.7. The molecular formula is C20H21Cl2N3O2. The number of alkyl halides is 1. The molecule has 7 heteroatoms. The number of nitrogens with one attached hydrogen (secondary N) is 1. The summed E-state index contributed by atoms with van der Waals surface area (Å²) >= 11 is 13.0. The van der Waals surface area contributed by atoms with Crippen molar-refractivity contribution in [2.75, 3.05) is 18.9 Å². The first-order valence-electron chi connectivity index (χ1n) is 8.48. The third kappa shape index (κ3) is 4.05. The number of likely N-dealkylation sites (N-methyl/N-ethyl adjacent to an activating group) is 1. The highest BCUT2D eigenvalue weighted by atomic mass is 35.5. The molecule has 1 atom stereocenters. The Hall–Kier alpha value is -2.21. The second kappa shape index (κ2) is 7.80. The number of nitrogens with two attached hydrogens (primary N) is 1. The molecule has 0 spiro atoms. The van der Waals surface area contributed by atoms with Crippen LogP contribution >= 0.6 is 23.2 Å². The lowest BCUT2D eigenvalue weighted by Crippen LogP contribution is -2.45. The second-order valence-electron chi connectivity index (χ2n) is 6.43. The third-order valence-electron chi connectivity index (χ3n) is 4.37. The van der Waals surface area contributed by atoms with Gasteiger partial charge in [-0.05, 0) is 30.7 Å². The van der Waals surface area contributed by atoms with Crippen molar-refractivity contribution < 1.29 is 9.53 Å². The topological polar surface area (TPSA) is 67.6 Å². The van der Waals surface area contributed by atoms with E-state index in [9.17, 15) is 4.79 Å². The Kier molecular flexibility index (Phi) is 5.65. The van der Waals surface area contributed by atoms with Crippen LogP contribution in [0.4, 0.5) is 5.69 Å². The monoisotopic (exact) mass is 405 g/mol. The first-order valence-corrected chi connectivity index (χ1v) is 9.24. The molecule has 0 fully saturated rings. The number of benzene rings is 2. The van der Waals surface area contributed by atoms with Crippen LogP contribution in [-0.4, -0.2) is 29.4 Å². The average molecular weight is 406 g/mol. The van der Waals surface area contributed by atoms with Crippen LogP contribution in [0, 0.1) is 0 Å². The lowest BCUT2D eigenvalue weighted by molar-refractivity contribution is -0.127. The molecule has 3 N–H and O–H groups in total. The summed E-state index contributed by atoms with van der Waals surface area (Å²) in [7, 11) is 1.63. The molecule has 0 aromatic heterocycles. The molecule has 1 heterocycles. The number of amides is 1. The summed E-state index contributed by atoms with van der Waals surface area (Å²) in [6, 6.07) is 15.2. The van der Waals surface area contributed by atoms with Gasteiger partial charge in [0.25, 0.3) is 0 Å². The van der Waals surface area contributed by atoms with E-state index >= 15 is 0 Å². The largest absolute Gasteiger partial charge is 0.486 e. The van der Waals surface area contributed by atoms with Crippen LogP contribution in [0.3, 0.4) is 0 Å². The van der Waals surface area contributed by atoms with E-state index in [1.54, 1.807) is 26.1 Å². The fourth-order valence-electron chi connectivity index (χ4n) is 3.07. The molecule has 0 bridgehead atoms. The van der Waals surface area contributed by atoms with Crippen LogP contribution in [-0.2, 0) is 16.1 Å². The van der Waals surface area contributed by atoms with Gasteiger partial charge in [0, 0.05) is 23.3 Å². The van der Waals surface area contributed by atoms with E-state index in [1.165, 1.54) is 4.90 Å². The minimum Gasteiger partial charge on any atom is -0.486 e. The van der Waals surface area contributed by atoms with E-state index in [1.807, 2.05) is 36.4 Å². The summed E-state index contributed by atoms with van der Waals surface area (Å²) in [6.45, 7) is 1.96. The van der Waals surface area contributed by atoms with Crippen LogP contribution in [0.25, 0.3) is 5.76 Å². The molecule has 1 aliphatic heterocycles. The molecule has 1 aliphatic rings. The van der Waals surface area contributed by atoms with Gasteiger partial charge >= 0.3 is 0 Å². The van der Waals surface area contributed by atoms with Gasteiger partial charge in [-0.3, -0.25) is 4.79 Å². The Balaban J connectivity index is 2.12. The minimum atomic E-state index is -1.06. The van der Waals surface area contributed by atoms with Crippen LogP contribution < -0.4 is 11.1 Å². The standard InChI is InChI=1S/C20H21Cl2N3O2/c1-20(22)19(25(2)17(26)11-23)18(27-12-13-6-4-3-5-7-13)15-10-14(21)8-9-16(15)24-20/h3-10,24H,11-12,23H2,1-2H3. The molecule has 5 nitrogen and oxygen atoms in total. The van der Waals surface area contributed by atoms with E-state index in [-0.39, 0.29) is 12.5 Å². The van der Waals surface area contributed by atoms with Gasteiger partial charge in [0.1, 0.15) is 12.3 Å². The normalized spacial score (nSPS) is 18.6. The van der Waals surface area contributed by atoms with Crippen molar-refractivity contribution in [3.05, 3.63) is 70.4 Å². The zero-order chi connectivity index (χ0) is 19.6. The number of halogens is 2. The molecular weight excluding hydrogens is 385 g/mol. The molecule has 0 aliphatic carbocycles. The predicted octanol–water partition coefficient (Wildman–Crippen LogP) is 4.02. The summed E-state index contributed by atoms with van der Waals surface area (Å²) in [5, 5.41) is 3.79. The fourth-order valence-corrected chi connectivity index (χ4v) is 3.56. The number of anilines is 1. The van der Waals surface area contributed by atoms with Crippen LogP contribution in [0.5, 0.6) is 0 Å². The highest BCUT2D eigenvalue weighted by Crippen LogP contribution is 2.43. The quantitative estimate of drug-likeness (QED) is 0.582. The summed E-state index contributed by atoms with van der Waals surface area (Å²) < 4.78 is 6.18. The van der Waals surface area contributed by atoms with Crippen molar-refractivity contribution in [3.63, 3.8) is 0 Å². The Morgan fingerprint density at radius 3 is 2.63 bits per heavy atom. The van der Waals surface area contributed by atoms with Crippen LogP contribution in [0.2, 0.25) is 5.02 Å². The lowest BCUT2D eigenvalue weighted by Gasteiger charge is -2.39. The Labute approximate surface area is 168 Å². The van der Waals surface area contributed by atoms with Gasteiger partial charge in [0.2, 0.25) is 5.91 Å². The van der Waals surface area contributed by atoms with E-state index in [4.69, 9.17) is 33.7 Å². The summed E-state index contributed by atoms with van der Waals surface area (Å²) in [5.74, 6) is 0.224. The van der Waals surface area contributed by atoms with Gasteiger partial charge in [-0.15, -0.1) is 0 Å². The number of nitrogens with zero attached hydrogens (tertiary/aromatic N) is 1. The van der Waals surface area contributed by atoms with E-state index in [2.05, 4.69) is 5.32 Å². The van der Waals surface area contributed by atoms with Gasteiger partial charge in [0.15, 0.2) is 10.8 Å². The second-order valence-corrected chi connectivity index (χ2v) is 7.62. The predicted molar refractivity (Wildman–Crippen MR) is 109 cm³/mol. The smallest absolute Gasteiger partial charge is 0.240 e. The number of fused-ring (bicyclic) bond motifs is 1. The molecule has 0 saturated carbocycles. The summed E-state index contributed by atoms with van der Waals surface area (Å²) in [6.07, 6.45) is 0. The van der Waals surface area contributed by atoms with Gasteiger partial charge in [-0.25, -0.2) is 0 Å². The zero-order valence-corrected chi connectivity index (χ0v) is 16.6. The molecule has 0 saturated heterocycles. The number of carbonyl (C=O) groups excluding carboxylic acids is 1. The van der Waals surface area contributed by atoms with Gasteiger partial charge in [0.05, 0.1) is 6.54 Å². The Morgan fingerprint density at radius 1 is 1.26 bits per heavy atom.